The molecule has 5 nitrogen and oxygen atoms in total. The Balaban J connectivity index is 3.73. The van der Waals surface area contributed by atoms with Gasteiger partial charge in [0.2, 0.25) is 0 Å². The number of thioether (sulfide) groups is 1. The molecule has 6 heteroatoms. The zero-order valence-corrected chi connectivity index (χ0v) is 8.84. The van der Waals surface area contributed by atoms with Crippen LogP contribution < -0.4 is 5.32 Å². The van der Waals surface area contributed by atoms with Crippen molar-refractivity contribution in [2.45, 2.75) is 18.9 Å². The normalized spacial score (nSPS) is 12.4. The van der Waals surface area contributed by atoms with Gasteiger partial charge < -0.3 is 15.5 Å². The van der Waals surface area contributed by atoms with Crippen molar-refractivity contribution in [3.8, 4) is 0 Å². The molecule has 0 bridgehead atoms. The molecule has 0 aliphatic rings. The molecule has 0 aliphatic heterocycles. The molecule has 0 amide bonds. The van der Waals surface area contributed by atoms with Gasteiger partial charge in [0.15, 0.2) is 0 Å². The molecule has 0 aliphatic carbocycles. The Morgan fingerprint density at radius 1 is 1.43 bits per heavy atom. The lowest BCUT2D eigenvalue weighted by molar-refractivity contribution is -0.140. The molecule has 0 aromatic heterocycles. The van der Waals surface area contributed by atoms with Crippen molar-refractivity contribution in [1.82, 2.24) is 5.32 Å². The number of hydrogen-bond donors (Lipinski definition) is 3. The molecular formula is C8H15NO4S. The largest absolute Gasteiger partial charge is 0.481 e. The fourth-order valence-corrected chi connectivity index (χ4v) is 1.37. The molecule has 0 saturated carbocycles. The number of aliphatic carboxylic acids is 2. The monoisotopic (exact) mass is 221 g/mol. The Labute approximate surface area is 86.9 Å². The van der Waals surface area contributed by atoms with Crippen LogP contribution in [0.5, 0.6) is 0 Å². The van der Waals surface area contributed by atoms with Gasteiger partial charge in [-0.1, -0.05) is 0 Å². The predicted molar refractivity (Wildman–Crippen MR) is 54.7 cm³/mol. The zero-order chi connectivity index (χ0) is 11.0. The molecule has 0 heterocycles. The van der Waals surface area contributed by atoms with Crippen LogP contribution in [-0.4, -0.2) is 46.7 Å². The van der Waals surface area contributed by atoms with Gasteiger partial charge in [-0.3, -0.25) is 9.59 Å². The van der Waals surface area contributed by atoms with E-state index < -0.39 is 18.0 Å². The highest BCUT2D eigenvalue weighted by atomic mass is 32.2. The average Bonchev–Trinajstić information content (AvgIpc) is 2.09. The molecule has 0 spiro atoms. The minimum atomic E-state index is -0.926. The van der Waals surface area contributed by atoms with Crippen molar-refractivity contribution in [2.24, 2.45) is 0 Å². The second kappa shape index (κ2) is 7.64. The van der Waals surface area contributed by atoms with Gasteiger partial charge in [-0.2, -0.15) is 11.8 Å². The van der Waals surface area contributed by atoms with Crippen molar-refractivity contribution in [3.63, 3.8) is 0 Å². The molecular weight excluding hydrogens is 206 g/mol. The molecule has 0 fully saturated rings. The van der Waals surface area contributed by atoms with Crippen LogP contribution in [-0.2, 0) is 9.59 Å². The highest BCUT2D eigenvalue weighted by molar-refractivity contribution is 7.98. The highest BCUT2D eigenvalue weighted by Gasteiger charge is 2.15. The van der Waals surface area contributed by atoms with E-state index in [2.05, 4.69) is 5.32 Å². The molecule has 0 aromatic carbocycles. The van der Waals surface area contributed by atoms with Gasteiger partial charge in [0.25, 0.3) is 0 Å². The second-order valence-corrected chi connectivity index (χ2v) is 3.76. The van der Waals surface area contributed by atoms with E-state index >= 15 is 0 Å². The number of carbonyl (C=O) groups is 2. The summed E-state index contributed by atoms with van der Waals surface area (Å²) in [7, 11) is 0. The maximum Gasteiger partial charge on any atom is 0.320 e. The average molecular weight is 221 g/mol. The summed E-state index contributed by atoms with van der Waals surface area (Å²) in [4.78, 5) is 20.8. The van der Waals surface area contributed by atoms with Crippen molar-refractivity contribution in [2.75, 3.05) is 18.6 Å². The lowest BCUT2D eigenvalue weighted by atomic mass is 10.2. The molecule has 1 atom stereocenters. The summed E-state index contributed by atoms with van der Waals surface area (Å²) in [5, 5.41) is 19.8. The number of carboxylic acids is 2. The van der Waals surface area contributed by atoms with Crippen LogP contribution in [0, 0.1) is 0 Å². The van der Waals surface area contributed by atoms with Crippen molar-refractivity contribution in [3.05, 3.63) is 0 Å². The predicted octanol–water partition coefficient (Wildman–Crippen LogP) is 0.257. The van der Waals surface area contributed by atoms with Gasteiger partial charge in [-0.25, -0.2) is 0 Å². The molecule has 0 unspecified atom stereocenters. The van der Waals surface area contributed by atoms with Gasteiger partial charge in [0.05, 0.1) is 6.42 Å². The maximum atomic E-state index is 10.7. The van der Waals surface area contributed by atoms with Crippen LogP contribution >= 0.6 is 11.8 Å². The number of nitrogens with one attached hydrogen (secondary N) is 1. The van der Waals surface area contributed by atoms with E-state index in [9.17, 15) is 9.59 Å². The fraction of sp³-hybridized carbons (Fsp3) is 0.750. The summed E-state index contributed by atoms with van der Waals surface area (Å²) in [6.07, 6.45) is 2.36. The summed E-state index contributed by atoms with van der Waals surface area (Å²) >= 11 is 1.57. The molecule has 3 N–H and O–H groups in total. The molecule has 82 valence electrons. The van der Waals surface area contributed by atoms with Crippen molar-refractivity contribution < 1.29 is 19.8 Å². The summed E-state index contributed by atoms with van der Waals surface area (Å²) in [5.74, 6) is -1.10. The molecule has 0 saturated heterocycles. The smallest absolute Gasteiger partial charge is 0.320 e. The first-order valence-corrected chi connectivity index (χ1v) is 5.64. The summed E-state index contributed by atoms with van der Waals surface area (Å²) < 4.78 is 0. The fourth-order valence-electron chi connectivity index (χ4n) is 0.902. The van der Waals surface area contributed by atoms with E-state index in [1.54, 1.807) is 11.8 Å². The van der Waals surface area contributed by atoms with E-state index in [0.717, 1.165) is 5.75 Å². The lowest BCUT2D eigenvalue weighted by Crippen LogP contribution is -2.38. The van der Waals surface area contributed by atoms with E-state index in [4.69, 9.17) is 10.2 Å². The Morgan fingerprint density at radius 3 is 2.50 bits per heavy atom. The topological polar surface area (TPSA) is 86.6 Å². The van der Waals surface area contributed by atoms with Crippen LogP contribution in [0.2, 0.25) is 0 Å². The second-order valence-electron chi connectivity index (χ2n) is 2.77. The molecule has 0 rings (SSSR count). The van der Waals surface area contributed by atoms with Crippen LogP contribution in [0.3, 0.4) is 0 Å². The Morgan fingerprint density at radius 2 is 2.07 bits per heavy atom. The first-order chi connectivity index (χ1) is 6.57. The third kappa shape index (κ3) is 6.73. The van der Waals surface area contributed by atoms with Crippen molar-refractivity contribution in [1.29, 1.82) is 0 Å². The van der Waals surface area contributed by atoms with Gasteiger partial charge in [0, 0.05) is 6.54 Å². The Hall–Kier alpha value is -0.750. The summed E-state index contributed by atoms with van der Waals surface area (Å²) in [6, 6.07) is -0.637. The Bertz CT molecular complexity index is 198. The minimum Gasteiger partial charge on any atom is -0.481 e. The summed E-state index contributed by atoms with van der Waals surface area (Å²) in [5.41, 5.74) is 0. The maximum absolute atomic E-state index is 10.7. The van der Waals surface area contributed by atoms with Gasteiger partial charge in [-0.15, -0.1) is 0 Å². The zero-order valence-electron chi connectivity index (χ0n) is 8.02. The van der Waals surface area contributed by atoms with E-state index in [-0.39, 0.29) is 13.0 Å². The van der Waals surface area contributed by atoms with E-state index in [1.807, 2.05) is 6.26 Å². The number of hydrogen-bond acceptors (Lipinski definition) is 4. The minimum absolute atomic E-state index is 0.0525. The van der Waals surface area contributed by atoms with Gasteiger partial charge in [-0.05, 0) is 18.4 Å². The van der Waals surface area contributed by atoms with Crippen LogP contribution in [0.25, 0.3) is 0 Å². The highest BCUT2D eigenvalue weighted by Crippen LogP contribution is 2.00. The Kier molecular flexibility index (Phi) is 7.23. The van der Waals surface area contributed by atoms with Crippen LogP contribution in [0.1, 0.15) is 12.8 Å². The van der Waals surface area contributed by atoms with Gasteiger partial charge in [0.1, 0.15) is 6.04 Å². The first-order valence-electron chi connectivity index (χ1n) is 4.25. The molecule has 0 aromatic rings. The quantitative estimate of drug-likeness (QED) is 0.545. The third-order valence-electron chi connectivity index (χ3n) is 1.64. The molecule has 0 radical (unpaired) electrons. The van der Waals surface area contributed by atoms with E-state index in [1.165, 1.54) is 0 Å². The number of rotatable bonds is 8. The SMILES string of the molecule is CSCC[C@@H](NCCC(=O)O)C(=O)O. The third-order valence-corrected chi connectivity index (χ3v) is 2.28. The standard InChI is InChI=1S/C8H15NO4S/c1-14-5-3-6(8(12)13)9-4-2-7(10)11/h6,9H,2-5H2,1H3,(H,10,11)(H,12,13)/t6-/m1/s1. The number of carboxylic acid groups (broad SMARTS) is 2. The van der Waals surface area contributed by atoms with E-state index in [0.29, 0.717) is 6.42 Å². The van der Waals surface area contributed by atoms with Gasteiger partial charge >= 0.3 is 11.9 Å². The lowest BCUT2D eigenvalue weighted by Gasteiger charge is -2.12. The van der Waals surface area contributed by atoms with Crippen LogP contribution in [0.4, 0.5) is 0 Å². The summed E-state index contributed by atoms with van der Waals surface area (Å²) in [6.45, 7) is 0.195. The first kappa shape index (κ1) is 13.2. The molecule has 14 heavy (non-hydrogen) atoms. The van der Waals surface area contributed by atoms with Crippen molar-refractivity contribution >= 4 is 23.7 Å². The van der Waals surface area contributed by atoms with Crippen LogP contribution in [0.15, 0.2) is 0 Å².